The lowest BCUT2D eigenvalue weighted by Crippen LogP contribution is -2.46. The lowest BCUT2D eigenvalue weighted by molar-refractivity contribution is 0.215. The Labute approximate surface area is 162 Å². The van der Waals surface area contributed by atoms with Gasteiger partial charge in [-0.2, -0.15) is 4.98 Å². The van der Waals surface area contributed by atoms with Crippen LogP contribution in [0.2, 0.25) is 0 Å². The number of aromatic nitrogens is 4. The Morgan fingerprint density at radius 2 is 1.89 bits per heavy atom. The topological polar surface area (TPSA) is 80.3 Å². The molecule has 5 rings (SSSR count). The molecule has 28 heavy (non-hydrogen) atoms. The first-order valence-electron chi connectivity index (χ1n) is 10.0. The summed E-state index contributed by atoms with van der Waals surface area (Å²) in [6.07, 6.45) is 7.75. The van der Waals surface area contributed by atoms with E-state index in [1.165, 1.54) is 19.2 Å². The second-order valence-corrected chi connectivity index (χ2v) is 7.69. The Bertz CT molecular complexity index is 1000. The van der Waals surface area contributed by atoms with Gasteiger partial charge in [0.1, 0.15) is 0 Å². The highest BCUT2D eigenvalue weighted by Crippen LogP contribution is 2.28. The molecule has 0 radical (unpaired) electrons. The van der Waals surface area contributed by atoms with Crippen LogP contribution in [0.15, 0.2) is 40.2 Å². The minimum absolute atomic E-state index is 0.0906. The van der Waals surface area contributed by atoms with Gasteiger partial charge in [-0.25, -0.2) is 4.98 Å². The predicted octanol–water partition coefficient (Wildman–Crippen LogP) is 2.22. The molecule has 8 heteroatoms. The monoisotopic (exact) mass is 380 g/mol. The molecule has 2 fully saturated rings. The summed E-state index contributed by atoms with van der Waals surface area (Å²) < 4.78 is 6.94. The van der Waals surface area contributed by atoms with E-state index in [9.17, 15) is 4.79 Å². The Morgan fingerprint density at radius 3 is 2.64 bits per heavy atom. The van der Waals surface area contributed by atoms with Crippen LogP contribution in [0.4, 0.5) is 5.69 Å². The van der Waals surface area contributed by atoms with Gasteiger partial charge in [0.2, 0.25) is 5.89 Å². The van der Waals surface area contributed by atoms with E-state index in [-0.39, 0.29) is 5.56 Å². The van der Waals surface area contributed by atoms with Crippen LogP contribution in [0.25, 0.3) is 10.9 Å². The van der Waals surface area contributed by atoms with Gasteiger partial charge in [0.05, 0.1) is 23.8 Å². The molecule has 1 saturated heterocycles. The normalized spacial score (nSPS) is 18.9. The van der Waals surface area contributed by atoms with Crippen molar-refractivity contribution < 1.29 is 4.52 Å². The minimum Gasteiger partial charge on any atom is -0.369 e. The van der Waals surface area contributed by atoms with Gasteiger partial charge in [-0.1, -0.05) is 18.0 Å². The first-order valence-corrected chi connectivity index (χ1v) is 10.0. The molecule has 0 N–H and O–H groups in total. The van der Waals surface area contributed by atoms with E-state index in [0.29, 0.717) is 23.9 Å². The van der Waals surface area contributed by atoms with Crippen LogP contribution in [-0.2, 0) is 6.54 Å². The molecular formula is C20H24N6O2. The largest absolute Gasteiger partial charge is 0.369 e. The second kappa shape index (κ2) is 7.35. The molecule has 0 bridgehead atoms. The number of fused-ring (bicyclic) bond motifs is 1. The molecule has 0 spiro atoms. The molecule has 2 aliphatic rings. The van der Waals surface area contributed by atoms with Gasteiger partial charge in [0, 0.05) is 37.9 Å². The van der Waals surface area contributed by atoms with Crippen LogP contribution >= 0.6 is 0 Å². The third kappa shape index (κ3) is 3.28. The Morgan fingerprint density at radius 1 is 1.07 bits per heavy atom. The highest BCUT2D eigenvalue weighted by atomic mass is 16.5. The zero-order valence-corrected chi connectivity index (χ0v) is 15.8. The summed E-state index contributed by atoms with van der Waals surface area (Å²) in [5, 5.41) is 4.38. The van der Waals surface area contributed by atoms with Gasteiger partial charge in [-0.3, -0.25) is 14.3 Å². The van der Waals surface area contributed by atoms with E-state index in [2.05, 4.69) is 31.0 Å². The molecule has 1 aliphatic heterocycles. The molecule has 2 aromatic heterocycles. The van der Waals surface area contributed by atoms with Crippen LogP contribution in [0.1, 0.15) is 37.6 Å². The van der Waals surface area contributed by atoms with Gasteiger partial charge < -0.3 is 9.42 Å². The third-order valence-corrected chi connectivity index (χ3v) is 5.99. The number of piperazine rings is 1. The molecule has 1 aromatic carbocycles. The summed E-state index contributed by atoms with van der Waals surface area (Å²) in [5.41, 5.74) is 1.99. The number of nitrogens with zero attached hydrogens (tertiary/aromatic N) is 6. The number of anilines is 1. The summed E-state index contributed by atoms with van der Waals surface area (Å²) in [6, 6.07) is 6.36. The number of hydrogen-bond donors (Lipinski definition) is 0. The highest BCUT2D eigenvalue weighted by Gasteiger charge is 2.21. The summed E-state index contributed by atoms with van der Waals surface area (Å²) in [6.45, 7) is 4.37. The fourth-order valence-electron chi connectivity index (χ4n) is 4.38. The Hall–Kier alpha value is -2.74. The molecule has 8 nitrogen and oxygen atoms in total. The van der Waals surface area contributed by atoms with Crippen molar-refractivity contribution in [1.29, 1.82) is 0 Å². The van der Waals surface area contributed by atoms with Gasteiger partial charge in [-0.05, 0) is 31.0 Å². The molecule has 3 heterocycles. The van der Waals surface area contributed by atoms with E-state index in [4.69, 9.17) is 4.52 Å². The minimum atomic E-state index is 0.0906. The maximum atomic E-state index is 12.9. The molecule has 0 amide bonds. The van der Waals surface area contributed by atoms with E-state index < -0.39 is 0 Å². The quantitative estimate of drug-likeness (QED) is 0.686. The lowest BCUT2D eigenvalue weighted by atomic mass is 10.1. The molecule has 1 aliphatic carbocycles. The van der Waals surface area contributed by atoms with E-state index in [1.807, 2.05) is 16.7 Å². The van der Waals surface area contributed by atoms with Crippen LogP contribution in [0.5, 0.6) is 0 Å². The fourth-order valence-corrected chi connectivity index (χ4v) is 4.38. The van der Waals surface area contributed by atoms with Crippen LogP contribution < -0.4 is 10.5 Å². The highest BCUT2D eigenvalue weighted by molar-refractivity contribution is 5.81. The van der Waals surface area contributed by atoms with Crippen molar-refractivity contribution in [3.8, 4) is 0 Å². The van der Waals surface area contributed by atoms with Crippen molar-refractivity contribution in [3.05, 3.63) is 47.1 Å². The summed E-state index contributed by atoms with van der Waals surface area (Å²) in [5.74, 6) is 0.655. The van der Waals surface area contributed by atoms with Crippen molar-refractivity contribution in [1.82, 2.24) is 24.6 Å². The standard InChI is InChI=1S/C20H24N6O2/c27-20-17-6-5-16(11-18(17)22-14-26(20)15-3-1-2-4-15)25-9-7-24(8-10-25)12-19-21-13-23-28-19/h5-6,11,13-15H,1-4,7-10,12H2. The van der Waals surface area contributed by atoms with Gasteiger partial charge >= 0.3 is 0 Å². The summed E-state index contributed by atoms with van der Waals surface area (Å²) in [4.78, 5) is 26.2. The van der Waals surface area contributed by atoms with Crippen LogP contribution in [-0.4, -0.2) is 50.8 Å². The first kappa shape index (κ1) is 17.4. The molecule has 146 valence electrons. The van der Waals surface area contributed by atoms with E-state index >= 15 is 0 Å². The molecular weight excluding hydrogens is 356 g/mol. The summed E-state index contributed by atoms with van der Waals surface area (Å²) >= 11 is 0. The van der Waals surface area contributed by atoms with E-state index in [1.54, 1.807) is 6.33 Å². The predicted molar refractivity (Wildman–Crippen MR) is 105 cm³/mol. The molecule has 0 atom stereocenters. The van der Waals surface area contributed by atoms with Gasteiger partial charge in [-0.15, -0.1) is 0 Å². The zero-order chi connectivity index (χ0) is 18.9. The fraction of sp³-hybridized carbons (Fsp3) is 0.500. The summed E-state index contributed by atoms with van der Waals surface area (Å²) in [7, 11) is 0. The average Bonchev–Trinajstić information content (AvgIpc) is 3.43. The lowest BCUT2D eigenvalue weighted by Gasteiger charge is -2.35. The second-order valence-electron chi connectivity index (χ2n) is 7.69. The molecule has 0 unspecified atom stereocenters. The smallest absolute Gasteiger partial charge is 0.261 e. The van der Waals surface area contributed by atoms with Crippen molar-refractivity contribution in [2.75, 3.05) is 31.1 Å². The third-order valence-electron chi connectivity index (χ3n) is 5.99. The number of hydrogen-bond acceptors (Lipinski definition) is 7. The van der Waals surface area contributed by atoms with Gasteiger partial charge in [0.15, 0.2) is 6.33 Å². The maximum absolute atomic E-state index is 12.9. The maximum Gasteiger partial charge on any atom is 0.261 e. The number of benzene rings is 1. The van der Waals surface area contributed by atoms with Gasteiger partial charge in [0.25, 0.3) is 5.56 Å². The first-order chi connectivity index (χ1) is 13.8. The average molecular weight is 380 g/mol. The Kier molecular flexibility index (Phi) is 4.56. The van der Waals surface area contributed by atoms with Crippen LogP contribution in [0.3, 0.4) is 0 Å². The SMILES string of the molecule is O=c1c2ccc(N3CCN(Cc4ncno4)CC3)cc2ncn1C1CCCC1. The zero-order valence-electron chi connectivity index (χ0n) is 15.8. The van der Waals surface area contributed by atoms with Crippen molar-refractivity contribution in [3.63, 3.8) is 0 Å². The van der Waals surface area contributed by atoms with Crippen molar-refractivity contribution in [2.45, 2.75) is 38.3 Å². The number of rotatable bonds is 4. The molecule has 3 aromatic rings. The Balaban J connectivity index is 1.31. The van der Waals surface area contributed by atoms with Crippen molar-refractivity contribution >= 4 is 16.6 Å². The van der Waals surface area contributed by atoms with Crippen LogP contribution in [0, 0.1) is 0 Å². The van der Waals surface area contributed by atoms with Crippen molar-refractivity contribution in [2.24, 2.45) is 0 Å². The van der Waals surface area contributed by atoms with E-state index in [0.717, 1.165) is 50.2 Å². The molecule has 1 saturated carbocycles.